The summed E-state index contributed by atoms with van der Waals surface area (Å²) in [4.78, 5) is 25.4. The number of carbonyl (C=O) groups excluding carboxylic acids is 1. The average molecular weight is 483 g/mol. The second-order valence-electron chi connectivity index (χ2n) is 9.45. The minimum absolute atomic E-state index is 0.0171. The molecule has 8 nitrogen and oxygen atoms in total. The molecular weight excluding hydrogens is 457 g/mol. The highest BCUT2D eigenvalue weighted by Gasteiger charge is 2.34. The Kier molecular flexibility index (Phi) is 7.18. The number of hydrogen-bond acceptors (Lipinski definition) is 7. The average Bonchev–Trinajstić information content (AvgIpc) is 3.22. The van der Waals surface area contributed by atoms with Gasteiger partial charge in [-0.05, 0) is 31.9 Å². The molecule has 1 aliphatic heterocycles. The van der Waals surface area contributed by atoms with Crippen molar-refractivity contribution in [2.24, 2.45) is 0 Å². The molecule has 1 N–H and O–H groups in total. The van der Waals surface area contributed by atoms with Crippen LogP contribution >= 0.6 is 11.3 Å². The highest BCUT2D eigenvalue weighted by Crippen LogP contribution is 2.25. The van der Waals surface area contributed by atoms with Gasteiger partial charge in [0.25, 0.3) is 6.43 Å². The summed E-state index contributed by atoms with van der Waals surface area (Å²) in [7, 11) is 5.85. The quantitative estimate of drug-likeness (QED) is 0.516. The van der Waals surface area contributed by atoms with Crippen molar-refractivity contribution in [3.8, 4) is 10.7 Å². The zero-order valence-corrected chi connectivity index (χ0v) is 20.6. The van der Waals surface area contributed by atoms with E-state index >= 15 is 0 Å². The number of rotatable bonds is 6. The lowest BCUT2D eigenvalue weighted by Crippen LogP contribution is -2.59. The Hall–Kier alpha value is -2.60. The van der Waals surface area contributed by atoms with E-state index in [1.54, 1.807) is 17.2 Å². The molecule has 0 aromatic carbocycles. The van der Waals surface area contributed by atoms with Crippen molar-refractivity contribution in [2.75, 3.05) is 25.0 Å². The predicted molar refractivity (Wildman–Crippen MR) is 138 cm³/mol. The summed E-state index contributed by atoms with van der Waals surface area (Å²) in [5, 5.41) is 13.1. The zero-order valence-electron chi connectivity index (χ0n) is 19.8. The first-order chi connectivity index (χ1) is 16.1. The monoisotopic (exact) mass is 483 g/mol. The molecular formula is C20H26B3F2N7OS. The first-order valence-corrected chi connectivity index (χ1v) is 12.1. The van der Waals surface area contributed by atoms with Crippen LogP contribution in [0.4, 0.5) is 19.4 Å². The van der Waals surface area contributed by atoms with Gasteiger partial charge in [0.1, 0.15) is 40.1 Å². The molecule has 0 aliphatic carbocycles. The van der Waals surface area contributed by atoms with E-state index in [4.69, 9.17) is 0 Å². The molecule has 0 unspecified atom stereocenters. The number of anilines is 1. The van der Waals surface area contributed by atoms with Gasteiger partial charge in [-0.15, -0.1) is 10.2 Å². The fourth-order valence-corrected chi connectivity index (χ4v) is 4.95. The minimum atomic E-state index is -2.38. The fourth-order valence-electron chi connectivity index (χ4n) is 4.29. The van der Waals surface area contributed by atoms with Crippen molar-refractivity contribution < 1.29 is 13.6 Å². The van der Waals surface area contributed by atoms with Crippen LogP contribution in [0, 0.1) is 6.92 Å². The molecule has 2 amide bonds. The number of amides is 2. The van der Waals surface area contributed by atoms with Crippen molar-refractivity contribution in [1.29, 1.82) is 0 Å². The summed E-state index contributed by atoms with van der Waals surface area (Å²) in [6, 6.07) is 5.29. The topological polar surface area (TPSA) is 87.1 Å². The van der Waals surface area contributed by atoms with Crippen LogP contribution in [0.1, 0.15) is 17.8 Å². The molecule has 176 valence electrons. The summed E-state index contributed by atoms with van der Waals surface area (Å²) >= 11 is 1.47. The SMILES string of the molecule is BC(B)(B)N(CC(F)F)C1CCN(C(=O)Nc2cc3nc(-c4nnc(C)s4)ccc3cn2)CC1. The van der Waals surface area contributed by atoms with E-state index in [0.717, 1.165) is 21.1 Å². The Morgan fingerprint density at radius 3 is 2.65 bits per heavy atom. The van der Waals surface area contributed by atoms with Crippen molar-refractivity contribution in [2.45, 2.75) is 37.5 Å². The number of piperidine rings is 1. The lowest BCUT2D eigenvalue weighted by Gasteiger charge is -2.45. The van der Waals surface area contributed by atoms with Crippen molar-refractivity contribution >= 4 is 57.6 Å². The molecule has 14 heteroatoms. The summed E-state index contributed by atoms with van der Waals surface area (Å²) in [6.07, 6.45) is 0.582. The third kappa shape index (κ3) is 5.72. The first-order valence-electron chi connectivity index (χ1n) is 11.3. The van der Waals surface area contributed by atoms with Crippen molar-refractivity contribution in [3.05, 3.63) is 29.4 Å². The van der Waals surface area contributed by atoms with Crippen LogP contribution in [0.2, 0.25) is 0 Å². The number of aryl methyl sites for hydroxylation is 1. The number of nitrogens with one attached hydrogen (secondary N) is 1. The van der Waals surface area contributed by atoms with Crippen LogP contribution in [0.25, 0.3) is 21.6 Å². The van der Waals surface area contributed by atoms with Gasteiger partial charge in [0.2, 0.25) is 0 Å². The zero-order chi connectivity index (χ0) is 24.5. The molecule has 3 aromatic rings. The Morgan fingerprint density at radius 2 is 2.03 bits per heavy atom. The van der Waals surface area contributed by atoms with Gasteiger partial charge in [-0.1, -0.05) is 16.6 Å². The second kappa shape index (κ2) is 9.95. The first kappa shape index (κ1) is 24.5. The molecule has 4 rings (SSSR count). The van der Waals surface area contributed by atoms with E-state index in [-0.39, 0.29) is 23.9 Å². The molecule has 3 aromatic heterocycles. The van der Waals surface area contributed by atoms with E-state index in [9.17, 15) is 13.6 Å². The number of pyridine rings is 2. The highest BCUT2D eigenvalue weighted by atomic mass is 32.1. The maximum absolute atomic E-state index is 13.1. The van der Waals surface area contributed by atoms with Crippen LogP contribution in [-0.4, -0.2) is 96.9 Å². The summed E-state index contributed by atoms with van der Waals surface area (Å²) < 4.78 is 26.2. The fraction of sp³-hybridized carbons (Fsp3) is 0.450. The van der Waals surface area contributed by atoms with E-state index < -0.39 is 6.43 Å². The third-order valence-corrected chi connectivity index (χ3v) is 6.80. The summed E-state index contributed by atoms with van der Waals surface area (Å²) in [5.74, 6) is 0.409. The number of urea groups is 1. The summed E-state index contributed by atoms with van der Waals surface area (Å²) in [6.45, 7) is 2.63. The van der Waals surface area contributed by atoms with Crippen molar-refractivity contribution in [1.82, 2.24) is 30.0 Å². The minimum Gasteiger partial charge on any atom is -0.324 e. The molecule has 0 bridgehead atoms. The smallest absolute Gasteiger partial charge is 0.323 e. The maximum atomic E-state index is 13.1. The Labute approximate surface area is 203 Å². The molecule has 34 heavy (non-hydrogen) atoms. The normalized spacial score (nSPS) is 15.4. The van der Waals surface area contributed by atoms with Crippen molar-refractivity contribution in [3.63, 3.8) is 0 Å². The summed E-state index contributed by atoms with van der Waals surface area (Å²) in [5.41, 5.74) is 1.41. The van der Waals surface area contributed by atoms with Gasteiger partial charge >= 0.3 is 6.03 Å². The number of nitrogens with zero attached hydrogens (tertiary/aromatic N) is 6. The van der Waals surface area contributed by atoms with Crippen LogP contribution in [0.5, 0.6) is 0 Å². The molecule has 1 fully saturated rings. The third-order valence-electron chi connectivity index (χ3n) is 5.94. The van der Waals surface area contributed by atoms with Crippen LogP contribution in [0.15, 0.2) is 24.4 Å². The number of hydrogen-bond donors (Lipinski definition) is 1. The highest BCUT2D eigenvalue weighted by molar-refractivity contribution is 7.14. The number of alkyl halides is 2. The number of halogens is 2. The van der Waals surface area contributed by atoms with E-state index in [1.165, 1.54) is 11.3 Å². The molecule has 0 saturated carbocycles. The Balaban J connectivity index is 1.41. The lowest BCUT2D eigenvalue weighted by atomic mass is 9.48. The number of likely N-dealkylation sites (tertiary alicyclic amines) is 1. The number of carbonyl (C=O) groups is 1. The largest absolute Gasteiger partial charge is 0.324 e. The standard InChI is InChI=1S/C20H26B3F2N7OS/c1-11-29-30-18(34-11)14-3-2-12-9-26-17(8-15(12)27-14)28-19(33)31-6-4-13(5-7-31)32(10-16(24)25)20(21,22)23/h2-3,8-9,13,16H,4-7,10,21-23H2,1H3,(H,26,28,33). The van der Waals surface area contributed by atoms with E-state index in [1.807, 2.05) is 47.5 Å². The van der Waals surface area contributed by atoms with Gasteiger partial charge in [-0.25, -0.2) is 23.5 Å². The van der Waals surface area contributed by atoms with Crippen LogP contribution in [-0.2, 0) is 0 Å². The maximum Gasteiger partial charge on any atom is 0.323 e. The lowest BCUT2D eigenvalue weighted by molar-refractivity contribution is 0.0443. The predicted octanol–water partition coefficient (Wildman–Crippen LogP) is 0.531. The van der Waals surface area contributed by atoms with E-state index in [2.05, 4.69) is 25.5 Å². The van der Waals surface area contributed by atoms with Crippen LogP contribution in [0.3, 0.4) is 0 Å². The number of fused-ring (bicyclic) bond motifs is 1. The Morgan fingerprint density at radius 1 is 1.29 bits per heavy atom. The molecule has 4 heterocycles. The van der Waals surface area contributed by atoms with Gasteiger partial charge in [0.15, 0.2) is 5.01 Å². The van der Waals surface area contributed by atoms with E-state index in [0.29, 0.717) is 37.3 Å². The van der Waals surface area contributed by atoms with Gasteiger partial charge in [0.05, 0.1) is 12.1 Å². The van der Waals surface area contributed by atoms with Gasteiger partial charge < -0.3 is 9.80 Å². The molecule has 1 aliphatic rings. The van der Waals surface area contributed by atoms with Crippen LogP contribution < -0.4 is 5.32 Å². The Bertz CT molecular complexity index is 1170. The molecule has 0 radical (unpaired) electrons. The molecule has 0 spiro atoms. The van der Waals surface area contributed by atoms with Gasteiger partial charge in [-0.2, -0.15) is 0 Å². The van der Waals surface area contributed by atoms with Gasteiger partial charge in [-0.3, -0.25) is 5.32 Å². The molecule has 0 atom stereocenters. The second-order valence-corrected chi connectivity index (χ2v) is 10.6. The molecule has 1 saturated heterocycles. The number of aromatic nitrogens is 4. The van der Waals surface area contributed by atoms with Gasteiger partial charge in [0, 0.05) is 36.8 Å².